The van der Waals surface area contributed by atoms with Gasteiger partial charge in [0.2, 0.25) is 0 Å². The molecule has 1 heterocycles. The molecular formula is C21H28BrClN2O2. The van der Waals surface area contributed by atoms with E-state index in [-0.39, 0.29) is 12.5 Å². The first kappa shape index (κ1) is 22.0. The molecule has 0 aliphatic rings. The van der Waals surface area contributed by atoms with Crippen LogP contribution in [-0.2, 0) is 6.42 Å². The van der Waals surface area contributed by atoms with Crippen molar-refractivity contribution >= 4 is 33.4 Å². The number of ether oxygens (including phenoxy) is 1. The summed E-state index contributed by atoms with van der Waals surface area (Å²) >= 11 is 9.48. The number of hydrogen-bond donors (Lipinski definition) is 0. The van der Waals surface area contributed by atoms with Crippen LogP contribution in [0.15, 0.2) is 22.7 Å². The van der Waals surface area contributed by atoms with Gasteiger partial charge in [-0.3, -0.25) is 4.79 Å². The van der Waals surface area contributed by atoms with Crippen LogP contribution in [0.25, 0.3) is 0 Å². The lowest BCUT2D eigenvalue weighted by Gasteiger charge is -2.09. The number of benzene rings is 1. The van der Waals surface area contributed by atoms with Crippen molar-refractivity contribution in [3.63, 3.8) is 0 Å². The van der Waals surface area contributed by atoms with Gasteiger partial charge in [0.1, 0.15) is 5.75 Å². The highest BCUT2D eigenvalue weighted by Gasteiger charge is 2.17. The molecule has 1 aromatic heterocycles. The highest BCUT2D eigenvalue weighted by molar-refractivity contribution is 9.10. The molecule has 0 aliphatic heterocycles. The zero-order chi connectivity index (χ0) is 19.8. The van der Waals surface area contributed by atoms with Crippen LogP contribution in [0.5, 0.6) is 5.75 Å². The summed E-state index contributed by atoms with van der Waals surface area (Å²) in [6.45, 7) is 6.05. The van der Waals surface area contributed by atoms with E-state index in [0.717, 1.165) is 28.7 Å². The minimum absolute atomic E-state index is 0.0975. The lowest BCUT2D eigenvalue weighted by Crippen LogP contribution is -2.22. The Kier molecular flexibility index (Phi) is 8.84. The molecule has 27 heavy (non-hydrogen) atoms. The predicted octanol–water partition coefficient (Wildman–Crippen LogP) is 6.54. The highest BCUT2D eigenvalue weighted by atomic mass is 79.9. The normalized spacial score (nSPS) is 11.0. The van der Waals surface area contributed by atoms with E-state index in [0.29, 0.717) is 10.8 Å². The summed E-state index contributed by atoms with van der Waals surface area (Å²) in [5.41, 5.74) is 3.02. The molecule has 0 unspecified atom stereocenters. The largest absolute Gasteiger partial charge is 0.482 e. The summed E-state index contributed by atoms with van der Waals surface area (Å²) < 4.78 is 7.92. The van der Waals surface area contributed by atoms with Crippen molar-refractivity contribution < 1.29 is 9.53 Å². The summed E-state index contributed by atoms with van der Waals surface area (Å²) in [5, 5.41) is 4.90. The SMILES string of the molecule is CCCCCCCCc1c(C)nn(C(=O)COc2ccc(Br)cc2Cl)c1C. The molecule has 0 amide bonds. The maximum absolute atomic E-state index is 12.6. The van der Waals surface area contributed by atoms with Gasteiger partial charge in [0.05, 0.1) is 10.7 Å². The Morgan fingerprint density at radius 1 is 1.19 bits per heavy atom. The van der Waals surface area contributed by atoms with Crippen LogP contribution in [0.1, 0.15) is 67.2 Å². The molecule has 0 radical (unpaired) electrons. The van der Waals surface area contributed by atoms with Gasteiger partial charge < -0.3 is 4.74 Å². The first-order chi connectivity index (χ1) is 12.9. The van der Waals surface area contributed by atoms with Crippen molar-refractivity contribution in [1.29, 1.82) is 0 Å². The van der Waals surface area contributed by atoms with E-state index in [4.69, 9.17) is 16.3 Å². The Labute approximate surface area is 175 Å². The lowest BCUT2D eigenvalue weighted by molar-refractivity contribution is 0.0818. The lowest BCUT2D eigenvalue weighted by atomic mass is 10.0. The third-order valence-corrected chi connectivity index (χ3v) is 5.49. The van der Waals surface area contributed by atoms with E-state index in [1.165, 1.54) is 42.3 Å². The zero-order valence-corrected chi connectivity index (χ0v) is 18.7. The number of unbranched alkanes of at least 4 members (excludes halogenated alkanes) is 5. The average molecular weight is 456 g/mol. The van der Waals surface area contributed by atoms with Crippen molar-refractivity contribution in [2.45, 2.75) is 65.7 Å². The Balaban J connectivity index is 1.92. The fourth-order valence-electron chi connectivity index (χ4n) is 3.15. The van der Waals surface area contributed by atoms with E-state index in [2.05, 4.69) is 28.0 Å². The van der Waals surface area contributed by atoms with Gasteiger partial charge in [-0.15, -0.1) is 0 Å². The molecule has 1 aromatic carbocycles. The van der Waals surface area contributed by atoms with E-state index < -0.39 is 0 Å². The van der Waals surface area contributed by atoms with Gasteiger partial charge >= 0.3 is 0 Å². The third-order valence-electron chi connectivity index (χ3n) is 4.70. The monoisotopic (exact) mass is 454 g/mol. The van der Waals surface area contributed by atoms with Gasteiger partial charge in [-0.1, -0.05) is 66.6 Å². The molecule has 0 bridgehead atoms. The van der Waals surface area contributed by atoms with Crippen LogP contribution in [0.2, 0.25) is 5.02 Å². The van der Waals surface area contributed by atoms with Crippen molar-refractivity contribution in [3.05, 3.63) is 44.6 Å². The number of aryl methyl sites for hydroxylation is 1. The second-order valence-corrected chi connectivity index (χ2v) is 8.16. The first-order valence-corrected chi connectivity index (χ1v) is 10.8. The van der Waals surface area contributed by atoms with Crippen LogP contribution in [0, 0.1) is 13.8 Å². The number of rotatable bonds is 10. The van der Waals surface area contributed by atoms with Crippen molar-refractivity contribution in [2.75, 3.05) is 6.61 Å². The second kappa shape index (κ2) is 10.9. The number of halogens is 2. The highest BCUT2D eigenvalue weighted by Crippen LogP contribution is 2.27. The van der Waals surface area contributed by atoms with Gasteiger partial charge in [-0.05, 0) is 50.5 Å². The predicted molar refractivity (Wildman–Crippen MR) is 114 cm³/mol. The number of nitrogens with zero attached hydrogens (tertiary/aromatic N) is 2. The molecular weight excluding hydrogens is 428 g/mol. The molecule has 2 rings (SSSR count). The minimum atomic E-state index is -0.191. The molecule has 148 valence electrons. The van der Waals surface area contributed by atoms with Gasteiger partial charge in [0, 0.05) is 10.2 Å². The minimum Gasteiger partial charge on any atom is -0.482 e. The van der Waals surface area contributed by atoms with E-state index in [1.807, 2.05) is 19.9 Å². The van der Waals surface area contributed by atoms with Crippen molar-refractivity contribution in [2.24, 2.45) is 0 Å². The fraction of sp³-hybridized carbons (Fsp3) is 0.524. The number of carbonyl (C=O) groups is 1. The Bertz CT molecular complexity index is 774. The summed E-state index contributed by atoms with van der Waals surface area (Å²) in [7, 11) is 0. The van der Waals surface area contributed by atoms with Gasteiger partial charge in [0.25, 0.3) is 5.91 Å². The summed E-state index contributed by atoms with van der Waals surface area (Å²) in [6, 6.07) is 5.31. The summed E-state index contributed by atoms with van der Waals surface area (Å²) in [5.74, 6) is 0.297. The van der Waals surface area contributed by atoms with Gasteiger partial charge in [0.15, 0.2) is 6.61 Å². The molecule has 4 nitrogen and oxygen atoms in total. The molecule has 0 atom stereocenters. The Hall–Kier alpha value is -1.33. The topological polar surface area (TPSA) is 44.1 Å². The third kappa shape index (κ3) is 6.35. The van der Waals surface area contributed by atoms with Crippen molar-refractivity contribution in [3.8, 4) is 5.75 Å². The molecule has 0 saturated heterocycles. The first-order valence-electron chi connectivity index (χ1n) is 9.60. The molecule has 0 N–H and O–H groups in total. The Morgan fingerprint density at radius 2 is 1.89 bits per heavy atom. The quantitative estimate of drug-likeness (QED) is 0.382. The second-order valence-electron chi connectivity index (χ2n) is 6.84. The van der Waals surface area contributed by atoms with Crippen molar-refractivity contribution in [1.82, 2.24) is 9.78 Å². The number of aromatic nitrogens is 2. The molecule has 0 saturated carbocycles. The molecule has 6 heteroatoms. The van der Waals surface area contributed by atoms with Crippen LogP contribution >= 0.6 is 27.5 Å². The maximum Gasteiger partial charge on any atom is 0.284 e. The molecule has 0 aliphatic carbocycles. The van der Waals surface area contributed by atoms with Gasteiger partial charge in [-0.2, -0.15) is 5.10 Å². The summed E-state index contributed by atoms with van der Waals surface area (Å²) in [6.07, 6.45) is 8.49. The smallest absolute Gasteiger partial charge is 0.284 e. The molecule has 0 spiro atoms. The number of carbonyl (C=O) groups excluding carboxylic acids is 1. The van der Waals surface area contributed by atoms with Gasteiger partial charge in [-0.25, -0.2) is 4.68 Å². The van der Waals surface area contributed by atoms with E-state index >= 15 is 0 Å². The molecule has 0 fully saturated rings. The van der Waals surface area contributed by atoms with Crippen LogP contribution in [0.4, 0.5) is 0 Å². The van der Waals surface area contributed by atoms with E-state index in [1.54, 1.807) is 12.1 Å². The summed E-state index contributed by atoms with van der Waals surface area (Å²) in [4.78, 5) is 12.6. The maximum atomic E-state index is 12.6. The van der Waals surface area contributed by atoms with E-state index in [9.17, 15) is 4.79 Å². The van der Waals surface area contributed by atoms with Crippen LogP contribution in [0.3, 0.4) is 0 Å². The molecule has 2 aromatic rings. The average Bonchev–Trinajstić information content (AvgIpc) is 2.91. The standard InChI is InChI=1S/C21H28BrClN2O2/c1-4-5-6-7-8-9-10-18-15(2)24-25(16(18)3)21(26)14-27-20-12-11-17(22)13-19(20)23/h11-13H,4-10,14H2,1-3H3. The van der Waals surface area contributed by atoms with Crippen LogP contribution in [-0.4, -0.2) is 22.3 Å². The Morgan fingerprint density at radius 3 is 2.59 bits per heavy atom. The number of hydrogen-bond acceptors (Lipinski definition) is 3. The zero-order valence-electron chi connectivity index (χ0n) is 16.4. The van der Waals surface area contributed by atoms with Crippen LogP contribution < -0.4 is 4.74 Å². The fourth-order valence-corrected chi connectivity index (χ4v) is 3.88.